The number of carbonyl (C=O) groups excluding carboxylic acids is 2. The van der Waals surface area contributed by atoms with E-state index in [1.807, 2.05) is 24.3 Å². The van der Waals surface area contributed by atoms with Crippen molar-refractivity contribution in [2.45, 2.75) is 13.0 Å². The van der Waals surface area contributed by atoms with Crippen molar-refractivity contribution in [2.75, 3.05) is 17.2 Å². The van der Waals surface area contributed by atoms with Crippen LogP contribution in [0.5, 0.6) is 5.75 Å². The van der Waals surface area contributed by atoms with Crippen LogP contribution in [0.25, 0.3) is 0 Å². The summed E-state index contributed by atoms with van der Waals surface area (Å²) in [5, 5.41) is 8.44. The maximum Gasteiger partial charge on any atom is 0.323 e. The first-order valence-corrected chi connectivity index (χ1v) is 9.98. The summed E-state index contributed by atoms with van der Waals surface area (Å²) in [6.45, 7) is 0.604. The molecule has 3 aromatic carbocycles. The topological polar surface area (TPSA) is 79.5 Å². The lowest BCUT2D eigenvalue weighted by molar-refractivity contribution is -0.126. The van der Waals surface area contributed by atoms with Crippen LogP contribution in [-0.2, 0) is 17.8 Å². The van der Waals surface area contributed by atoms with Crippen molar-refractivity contribution in [3.05, 3.63) is 89.7 Å². The lowest BCUT2D eigenvalue weighted by atomic mass is 9.95. The summed E-state index contributed by atoms with van der Waals surface area (Å²) in [5.74, 6) is -0.0812. The standard InChI is InChI=1S/C24H22FN3O3/c25-19-8-6-16(7-9-19)14-26-23(29)18-12-17-13-21(10-11-22(17)31-15-18)28-24(30)27-20-4-2-1-3-5-20/h1-11,13,18H,12,14-15H2,(H,26,29)(H2,27,28,30). The number of para-hydroxylation sites is 1. The van der Waals surface area contributed by atoms with Gasteiger partial charge in [-0.25, -0.2) is 9.18 Å². The molecule has 0 saturated heterocycles. The minimum absolute atomic E-state index is 0.129. The number of amides is 3. The molecule has 1 atom stereocenters. The van der Waals surface area contributed by atoms with Gasteiger partial charge < -0.3 is 20.7 Å². The number of halogens is 1. The highest BCUT2D eigenvalue weighted by molar-refractivity contribution is 5.99. The molecule has 3 amide bonds. The normalized spacial score (nSPS) is 14.7. The van der Waals surface area contributed by atoms with Crippen LogP contribution >= 0.6 is 0 Å². The third kappa shape index (κ3) is 5.39. The van der Waals surface area contributed by atoms with Gasteiger partial charge in [-0.1, -0.05) is 30.3 Å². The van der Waals surface area contributed by atoms with Crippen LogP contribution < -0.4 is 20.7 Å². The summed E-state index contributed by atoms with van der Waals surface area (Å²) < 4.78 is 18.7. The molecule has 6 nitrogen and oxygen atoms in total. The molecule has 7 heteroatoms. The molecule has 0 fully saturated rings. The van der Waals surface area contributed by atoms with E-state index in [1.165, 1.54) is 12.1 Å². The first-order valence-electron chi connectivity index (χ1n) is 9.98. The van der Waals surface area contributed by atoms with Crippen LogP contribution in [0.15, 0.2) is 72.8 Å². The fraction of sp³-hybridized carbons (Fsp3) is 0.167. The first kappa shape index (κ1) is 20.4. The van der Waals surface area contributed by atoms with Gasteiger partial charge in [0.05, 0.1) is 5.92 Å². The molecule has 4 rings (SSSR count). The highest BCUT2D eigenvalue weighted by Crippen LogP contribution is 2.30. The molecule has 1 unspecified atom stereocenters. The van der Waals surface area contributed by atoms with E-state index in [0.717, 1.165) is 11.1 Å². The van der Waals surface area contributed by atoms with E-state index in [0.29, 0.717) is 30.1 Å². The van der Waals surface area contributed by atoms with E-state index in [2.05, 4.69) is 16.0 Å². The summed E-state index contributed by atoms with van der Waals surface area (Å²) in [6.07, 6.45) is 0.500. The van der Waals surface area contributed by atoms with Crippen molar-refractivity contribution in [1.82, 2.24) is 5.32 Å². The van der Waals surface area contributed by atoms with Crippen LogP contribution in [0.3, 0.4) is 0 Å². The van der Waals surface area contributed by atoms with Gasteiger partial charge in [-0.3, -0.25) is 4.79 Å². The number of hydrogen-bond acceptors (Lipinski definition) is 3. The summed E-state index contributed by atoms with van der Waals surface area (Å²) in [6, 6.07) is 20.2. The zero-order chi connectivity index (χ0) is 21.6. The van der Waals surface area contributed by atoms with Gasteiger partial charge in [-0.2, -0.15) is 0 Å². The molecular formula is C24H22FN3O3. The van der Waals surface area contributed by atoms with E-state index in [-0.39, 0.29) is 30.3 Å². The van der Waals surface area contributed by atoms with Gasteiger partial charge in [-0.15, -0.1) is 0 Å². The van der Waals surface area contributed by atoms with Crippen LogP contribution in [-0.4, -0.2) is 18.5 Å². The zero-order valence-corrected chi connectivity index (χ0v) is 16.7. The third-order valence-electron chi connectivity index (χ3n) is 5.01. The van der Waals surface area contributed by atoms with Gasteiger partial charge in [0.1, 0.15) is 18.2 Å². The quantitative estimate of drug-likeness (QED) is 0.576. The van der Waals surface area contributed by atoms with Gasteiger partial charge in [0.2, 0.25) is 5.91 Å². The van der Waals surface area contributed by atoms with E-state index in [1.54, 1.807) is 36.4 Å². The van der Waals surface area contributed by atoms with Crippen molar-refractivity contribution in [3.63, 3.8) is 0 Å². The predicted octanol–water partition coefficient (Wildman–Crippen LogP) is 4.34. The molecule has 0 aliphatic carbocycles. The maximum absolute atomic E-state index is 13.0. The molecule has 0 spiro atoms. The average molecular weight is 419 g/mol. The van der Waals surface area contributed by atoms with Gasteiger partial charge in [0.25, 0.3) is 0 Å². The van der Waals surface area contributed by atoms with E-state index >= 15 is 0 Å². The Kier molecular flexibility index (Phi) is 6.12. The Balaban J connectivity index is 1.35. The minimum atomic E-state index is -0.350. The van der Waals surface area contributed by atoms with Gasteiger partial charge in [0.15, 0.2) is 0 Å². The predicted molar refractivity (Wildman–Crippen MR) is 116 cm³/mol. The Labute approximate surface area is 179 Å². The van der Waals surface area contributed by atoms with E-state index in [9.17, 15) is 14.0 Å². The number of rotatable bonds is 5. The second-order valence-electron chi connectivity index (χ2n) is 7.32. The van der Waals surface area contributed by atoms with E-state index in [4.69, 9.17) is 4.74 Å². The molecule has 0 aromatic heterocycles. The SMILES string of the molecule is O=C(Nc1ccccc1)Nc1ccc2c(c1)CC(C(=O)NCc1ccc(F)cc1)CO2. The van der Waals surface area contributed by atoms with Crippen molar-refractivity contribution in [2.24, 2.45) is 5.92 Å². The fourth-order valence-corrected chi connectivity index (χ4v) is 3.39. The second-order valence-corrected chi connectivity index (χ2v) is 7.32. The molecule has 1 heterocycles. The third-order valence-corrected chi connectivity index (χ3v) is 5.01. The number of fused-ring (bicyclic) bond motifs is 1. The zero-order valence-electron chi connectivity index (χ0n) is 16.7. The number of anilines is 2. The lowest BCUT2D eigenvalue weighted by Crippen LogP contribution is -2.37. The summed E-state index contributed by atoms with van der Waals surface area (Å²) in [7, 11) is 0. The van der Waals surface area contributed by atoms with Crippen molar-refractivity contribution in [1.29, 1.82) is 0 Å². The van der Waals surface area contributed by atoms with E-state index < -0.39 is 0 Å². The molecular weight excluding hydrogens is 397 g/mol. The van der Waals surface area contributed by atoms with Crippen molar-refractivity contribution < 1.29 is 18.7 Å². The summed E-state index contributed by atoms with van der Waals surface area (Å²) in [4.78, 5) is 24.8. The largest absolute Gasteiger partial charge is 0.492 e. The van der Waals surface area contributed by atoms with Crippen molar-refractivity contribution >= 4 is 23.3 Å². The Morgan fingerprint density at radius 2 is 1.68 bits per heavy atom. The molecule has 0 bridgehead atoms. The number of benzene rings is 3. The lowest BCUT2D eigenvalue weighted by Gasteiger charge is -2.25. The Morgan fingerprint density at radius 1 is 0.935 bits per heavy atom. The highest BCUT2D eigenvalue weighted by atomic mass is 19.1. The van der Waals surface area contributed by atoms with Gasteiger partial charge >= 0.3 is 6.03 Å². The second kappa shape index (κ2) is 9.30. The Morgan fingerprint density at radius 3 is 2.45 bits per heavy atom. The molecule has 0 saturated carbocycles. The average Bonchev–Trinajstić information content (AvgIpc) is 2.78. The monoisotopic (exact) mass is 419 g/mol. The summed E-state index contributed by atoms with van der Waals surface area (Å²) in [5.41, 5.74) is 2.98. The van der Waals surface area contributed by atoms with Crippen LogP contribution in [0.1, 0.15) is 11.1 Å². The highest BCUT2D eigenvalue weighted by Gasteiger charge is 2.26. The Bertz CT molecular complexity index is 1070. The first-order chi connectivity index (χ1) is 15.1. The number of carbonyl (C=O) groups is 2. The van der Waals surface area contributed by atoms with Crippen LogP contribution in [0.2, 0.25) is 0 Å². The molecule has 3 aromatic rings. The fourth-order valence-electron chi connectivity index (χ4n) is 3.39. The number of nitrogens with one attached hydrogen (secondary N) is 3. The van der Waals surface area contributed by atoms with Crippen LogP contribution in [0.4, 0.5) is 20.6 Å². The number of hydrogen-bond donors (Lipinski definition) is 3. The number of ether oxygens (including phenoxy) is 1. The molecule has 0 radical (unpaired) electrons. The van der Waals surface area contributed by atoms with Gasteiger partial charge in [0, 0.05) is 17.9 Å². The smallest absolute Gasteiger partial charge is 0.323 e. The Hall–Kier alpha value is -3.87. The summed E-state index contributed by atoms with van der Waals surface area (Å²) >= 11 is 0. The minimum Gasteiger partial charge on any atom is -0.492 e. The molecule has 1 aliphatic heterocycles. The molecule has 3 N–H and O–H groups in total. The van der Waals surface area contributed by atoms with Gasteiger partial charge in [-0.05, 0) is 60.0 Å². The maximum atomic E-state index is 13.0. The molecule has 31 heavy (non-hydrogen) atoms. The molecule has 158 valence electrons. The number of urea groups is 1. The molecule has 1 aliphatic rings. The van der Waals surface area contributed by atoms with Crippen molar-refractivity contribution in [3.8, 4) is 5.75 Å². The van der Waals surface area contributed by atoms with Crippen LogP contribution in [0, 0.1) is 11.7 Å².